The van der Waals surface area contributed by atoms with Gasteiger partial charge in [-0.05, 0) is 0 Å². The third-order valence-corrected chi connectivity index (χ3v) is 2.29. The first-order valence-electron chi connectivity index (χ1n) is 3.49. The average Bonchev–Trinajstić information content (AvgIpc) is 2.30. The summed E-state index contributed by atoms with van der Waals surface area (Å²) < 4.78 is 35.0. The van der Waals surface area contributed by atoms with E-state index in [0.717, 1.165) is 0 Å². The highest BCUT2D eigenvalue weighted by Gasteiger charge is 2.28. The number of alkyl halides is 3. The van der Waals surface area contributed by atoms with E-state index in [0.29, 0.717) is 17.0 Å². The van der Waals surface area contributed by atoms with Crippen LogP contribution in [0.1, 0.15) is 6.92 Å². The Morgan fingerprint density at radius 3 is 2.75 bits per heavy atom. The molecule has 2 nitrogen and oxygen atoms in total. The van der Waals surface area contributed by atoms with E-state index in [1.54, 1.807) is 0 Å². The molecule has 1 aliphatic rings. The number of halogens is 3. The van der Waals surface area contributed by atoms with Gasteiger partial charge in [0, 0.05) is 5.25 Å². The van der Waals surface area contributed by atoms with Crippen molar-refractivity contribution >= 4 is 16.9 Å². The van der Waals surface area contributed by atoms with Gasteiger partial charge in [-0.3, -0.25) is 4.99 Å². The number of thioether (sulfide) groups is 1. The molecule has 0 aliphatic carbocycles. The van der Waals surface area contributed by atoms with Crippen molar-refractivity contribution in [3.05, 3.63) is 0 Å². The number of aliphatic imine (C=N–C) groups is 1. The van der Waals surface area contributed by atoms with Gasteiger partial charge in [-0.2, -0.15) is 13.2 Å². The van der Waals surface area contributed by atoms with Crippen molar-refractivity contribution in [3.8, 4) is 0 Å². The van der Waals surface area contributed by atoms with Crippen LogP contribution in [0.2, 0.25) is 0 Å². The second-order valence-electron chi connectivity index (χ2n) is 2.54. The Morgan fingerprint density at radius 2 is 2.33 bits per heavy atom. The molecule has 1 heterocycles. The van der Waals surface area contributed by atoms with Crippen LogP contribution in [-0.4, -0.2) is 29.7 Å². The zero-order valence-electron chi connectivity index (χ0n) is 6.48. The molecule has 12 heavy (non-hydrogen) atoms. The lowest BCUT2D eigenvalue weighted by atomic mass is 10.5. The smallest absolute Gasteiger partial charge is 0.356 e. The van der Waals surface area contributed by atoms with Gasteiger partial charge in [0.1, 0.15) is 6.54 Å². The van der Waals surface area contributed by atoms with Crippen LogP contribution in [0.3, 0.4) is 0 Å². The Balaban J connectivity index is 2.25. The Hall–Kier alpha value is -0.390. The normalized spacial score (nSPS) is 24.0. The van der Waals surface area contributed by atoms with E-state index in [4.69, 9.17) is 0 Å². The molecule has 0 amide bonds. The van der Waals surface area contributed by atoms with Crippen molar-refractivity contribution in [2.24, 2.45) is 4.99 Å². The van der Waals surface area contributed by atoms with Crippen molar-refractivity contribution in [2.75, 3.05) is 13.1 Å². The first kappa shape index (κ1) is 9.70. The van der Waals surface area contributed by atoms with Crippen LogP contribution >= 0.6 is 11.8 Å². The summed E-state index contributed by atoms with van der Waals surface area (Å²) in [6.07, 6.45) is -4.16. The van der Waals surface area contributed by atoms with E-state index < -0.39 is 12.7 Å². The van der Waals surface area contributed by atoms with Crippen molar-refractivity contribution in [3.63, 3.8) is 0 Å². The van der Waals surface area contributed by atoms with Crippen LogP contribution in [0, 0.1) is 0 Å². The zero-order chi connectivity index (χ0) is 9.19. The average molecular weight is 198 g/mol. The third-order valence-electron chi connectivity index (χ3n) is 1.24. The van der Waals surface area contributed by atoms with Gasteiger partial charge in [-0.15, -0.1) is 0 Å². The zero-order valence-corrected chi connectivity index (χ0v) is 7.30. The summed E-state index contributed by atoms with van der Waals surface area (Å²) in [5.74, 6) is 0. The van der Waals surface area contributed by atoms with Gasteiger partial charge >= 0.3 is 6.18 Å². The van der Waals surface area contributed by atoms with Gasteiger partial charge in [-0.1, -0.05) is 18.7 Å². The number of rotatable bonds is 1. The molecule has 0 saturated carbocycles. The summed E-state index contributed by atoms with van der Waals surface area (Å²) in [6, 6.07) is 0. The molecule has 0 spiro atoms. The van der Waals surface area contributed by atoms with Gasteiger partial charge in [0.15, 0.2) is 5.17 Å². The van der Waals surface area contributed by atoms with Gasteiger partial charge in [0.2, 0.25) is 0 Å². The highest BCUT2D eigenvalue weighted by Crippen LogP contribution is 2.20. The molecule has 0 fully saturated rings. The lowest BCUT2D eigenvalue weighted by Gasteiger charge is -2.08. The van der Waals surface area contributed by atoms with E-state index in [1.807, 2.05) is 6.92 Å². The SMILES string of the molecule is CC1CN=C(NCC(F)(F)F)S1. The first-order chi connectivity index (χ1) is 5.47. The lowest BCUT2D eigenvalue weighted by Crippen LogP contribution is -2.31. The molecule has 1 aliphatic heterocycles. The Morgan fingerprint density at radius 1 is 1.67 bits per heavy atom. The summed E-state index contributed by atoms with van der Waals surface area (Å²) >= 11 is 1.35. The minimum absolute atomic E-state index is 0.292. The molecule has 0 aromatic carbocycles. The Bertz CT molecular complexity index is 190. The van der Waals surface area contributed by atoms with E-state index in [-0.39, 0.29) is 0 Å². The highest BCUT2D eigenvalue weighted by atomic mass is 32.2. The molecule has 70 valence electrons. The first-order valence-corrected chi connectivity index (χ1v) is 4.37. The summed E-state index contributed by atoms with van der Waals surface area (Å²) in [5, 5.41) is 2.93. The van der Waals surface area contributed by atoms with Crippen LogP contribution in [-0.2, 0) is 0 Å². The van der Waals surface area contributed by atoms with Crippen LogP contribution in [0.4, 0.5) is 13.2 Å². The predicted molar refractivity (Wildman–Crippen MR) is 43.4 cm³/mol. The van der Waals surface area contributed by atoms with Gasteiger partial charge < -0.3 is 5.32 Å². The van der Waals surface area contributed by atoms with E-state index >= 15 is 0 Å². The summed E-state index contributed by atoms with van der Waals surface area (Å²) in [7, 11) is 0. The molecule has 0 radical (unpaired) electrons. The monoisotopic (exact) mass is 198 g/mol. The van der Waals surface area contributed by atoms with Crippen LogP contribution in [0.25, 0.3) is 0 Å². The molecule has 1 N–H and O–H groups in total. The number of nitrogens with one attached hydrogen (secondary N) is 1. The predicted octanol–water partition coefficient (Wildman–Crippen LogP) is 1.63. The van der Waals surface area contributed by atoms with E-state index in [1.165, 1.54) is 11.8 Å². The van der Waals surface area contributed by atoms with Crippen molar-refractivity contribution < 1.29 is 13.2 Å². The lowest BCUT2D eigenvalue weighted by molar-refractivity contribution is -0.121. The minimum Gasteiger partial charge on any atom is -0.356 e. The minimum atomic E-state index is -4.16. The standard InChI is InChI=1S/C6H9F3N2S/c1-4-2-10-5(12-4)11-3-6(7,8)9/h4H,2-3H2,1H3,(H,10,11). The molecule has 1 unspecified atom stereocenters. The number of hydrogen-bond acceptors (Lipinski definition) is 3. The molecule has 0 aromatic rings. The van der Waals surface area contributed by atoms with Gasteiger partial charge in [0.25, 0.3) is 0 Å². The molecule has 0 bridgehead atoms. The highest BCUT2D eigenvalue weighted by molar-refractivity contribution is 8.14. The Kier molecular flexibility index (Phi) is 2.87. The molecular weight excluding hydrogens is 189 g/mol. The fraction of sp³-hybridized carbons (Fsp3) is 0.833. The van der Waals surface area contributed by atoms with Crippen LogP contribution in [0.5, 0.6) is 0 Å². The van der Waals surface area contributed by atoms with Crippen molar-refractivity contribution in [1.82, 2.24) is 5.32 Å². The van der Waals surface area contributed by atoms with Crippen molar-refractivity contribution in [2.45, 2.75) is 18.3 Å². The number of hydrogen-bond donors (Lipinski definition) is 1. The maximum absolute atomic E-state index is 11.7. The largest absolute Gasteiger partial charge is 0.405 e. The maximum Gasteiger partial charge on any atom is 0.405 e. The molecular formula is C6H9F3N2S. The fourth-order valence-electron chi connectivity index (χ4n) is 0.750. The van der Waals surface area contributed by atoms with Crippen LogP contribution in [0.15, 0.2) is 4.99 Å². The number of nitrogens with zero attached hydrogens (tertiary/aromatic N) is 1. The summed E-state index contributed by atoms with van der Waals surface area (Å²) in [5.41, 5.74) is 0. The topological polar surface area (TPSA) is 24.4 Å². The summed E-state index contributed by atoms with van der Waals surface area (Å²) in [6.45, 7) is 1.53. The summed E-state index contributed by atoms with van der Waals surface area (Å²) in [4.78, 5) is 3.89. The quantitative estimate of drug-likeness (QED) is 0.692. The second kappa shape index (κ2) is 3.55. The van der Waals surface area contributed by atoms with Crippen molar-refractivity contribution in [1.29, 1.82) is 0 Å². The second-order valence-corrected chi connectivity index (χ2v) is 3.97. The van der Waals surface area contributed by atoms with E-state index in [9.17, 15) is 13.2 Å². The fourth-order valence-corrected chi connectivity index (χ4v) is 1.58. The molecule has 1 atom stereocenters. The Labute approximate surface area is 72.6 Å². The maximum atomic E-state index is 11.7. The third kappa shape index (κ3) is 3.34. The van der Waals surface area contributed by atoms with Gasteiger partial charge in [0.05, 0.1) is 6.54 Å². The number of amidine groups is 1. The molecule has 0 aromatic heterocycles. The van der Waals surface area contributed by atoms with E-state index in [2.05, 4.69) is 10.3 Å². The van der Waals surface area contributed by atoms with Crippen LogP contribution < -0.4 is 5.32 Å². The molecule has 1 rings (SSSR count). The van der Waals surface area contributed by atoms with Gasteiger partial charge in [-0.25, -0.2) is 0 Å². The molecule has 0 saturated heterocycles. The molecule has 6 heteroatoms.